The van der Waals surface area contributed by atoms with E-state index in [0.717, 1.165) is 31.5 Å². The molecular formula is C17H23BNO3. The van der Waals surface area contributed by atoms with E-state index in [1.54, 1.807) is 0 Å². The molecule has 0 aliphatic carbocycles. The first-order valence-corrected chi connectivity index (χ1v) is 8.06. The minimum atomic E-state index is -0.809. The van der Waals surface area contributed by atoms with Gasteiger partial charge in [-0.15, -0.1) is 0 Å². The van der Waals surface area contributed by atoms with Crippen LogP contribution in [0.15, 0.2) is 30.3 Å². The number of ether oxygens (including phenoxy) is 1. The second-order valence-electron chi connectivity index (χ2n) is 6.85. The van der Waals surface area contributed by atoms with Gasteiger partial charge >= 0.3 is 5.97 Å². The molecule has 5 heteroatoms. The Hall–Kier alpha value is -1.33. The third-order valence-electron chi connectivity index (χ3n) is 5.20. The van der Waals surface area contributed by atoms with Crippen molar-refractivity contribution in [2.24, 2.45) is 5.92 Å². The first kappa shape index (κ1) is 15.6. The number of rotatable bonds is 5. The molecule has 3 radical (unpaired) electrons. The fraction of sp³-hybridized carbons (Fsp3) is 0.588. The first-order chi connectivity index (χ1) is 10.5. The molecule has 1 aromatic carbocycles. The number of carbonyl (C=O) groups excluding carboxylic acids is 1. The maximum absolute atomic E-state index is 11.9. The van der Waals surface area contributed by atoms with Crippen LogP contribution in [0.3, 0.4) is 0 Å². The van der Waals surface area contributed by atoms with E-state index >= 15 is 0 Å². The minimum absolute atomic E-state index is 0.250. The molecular weight excluding hydrogens is 277 g/mol. The largest absolute Gasteiger partial charge is 0.586 e. The number of quaternary nitrogens is 1. The van der Waals surface area contributed by atoms with Gasteiger partial charge in [0, 0.05) is 25.4 Å². The molecule has 0 aromatic heterocycles. The van der Waals surface area contributed by atoms with Gasteiger partial charge < -0.3 is 14.2 Å². The summed E-state index contributed by atoms with van der Waals surface area (Å²) in [5, 5.41) is 10.9. The van der Waals surface area contributed by atoms with Crippen LogP contribution in [0.1, 0.15) is 31.2 Å². The van der Waals surface area contributed by atoms with Gasteiger partial charge in [-0.05, 0) is 24.8 Å². The highest BCUT2D eigenvalue weighted by atomic mass is 16.5. The SMILES string of the molecule is [B-][N+]12CCC(CC1)C(O)(CCC(=O)OCc1ccccc1)C2. The van der Waals surface area contributed by atoms with Crippen molar-refractivity contribution in [1.29, 1.82) is 0 Å². The topological polar surface area (TPSA) is 46.5 Å². The van der Waals surface area contributed by atoms with Gasteiger partial charge in [-0.1, -0.05) is 30.3 Å². The van der Waals surface area contributed by atoms with Crippen molar-refractivity contribution < 1.29 is 19.0 Å². The Balaban J connectivity index is 1.49. The van der Waals surface area contributed by atoms with Crippen molar-refractivity contribution in [3.8, 4) is 0 Å². The molecule has 4 rings (SSSR count). The van der Waals surface area contributed by atoms with Gasteiger partial charge in [0.25, 0.3) is 0 Å². The highest BCUT2D eigenvalue weighted by Crippen LogP contribution is 2.41. The zero-order valence-electron chi connectivity index (χ0n) is 12.9. The second-order valence-corrected chi connectivity index (χ2v) is 6.85. The molecule has 1 atom stereocenters. The molecule has 1 N–H and O–H groups in total. The van der Waals surface area contributed by atoms with Crippen molar-refractivity contribution in [3.63, 3.8) is 0 Å². The maximum Gasteiger partial charge on any atom is 0.306 e. The molecule has 0 spiro atoms. The second kappa shape index (κ2) is 6.05. The fourth-order valence-corrected chi connectivity index (χ4v) is 3.86. The van der Waals surface area contributed by atoms with E-state index in [4.69, 9.17) is 12.7 Å². The lowest BCUT2D eigenvalue weighted by atomic mass is 9.70. The standard InChI is InChI=1S/C17H23BNO3/c18-19-10-7-15(8-11-19)17(21,13-19)9-6-16(20)22-12-14-4-2-1-3-5-14/h1-5,15,21H,6-13H2. The van der Waals surface area contributed by atoms with Gasteiger partial charge in [-0.25, -0.2) is 7.98 Å². The third-order valence-corrected chi connectivity index (χ3v) is 5.20. The van der Waals surface area contributed by atoms with E-state index in [2.05, 4.69) is 0 Å². The molecule has 22 heavy (non-hydrogen) atoms. The summed E-state index contributed by atoms with van der Waals surface area (Å²) < 4.78 is 5.73. The number of hydrogen-bond acceptors (Lipinski definition) is 3. The molecule has 1 aromatic rings. The molecule has 3 aliphatic rings. The zero-order valence-corrected chi connectivity index (χ0v) is 12.9. The summed E-state index contributed by atoms with van der Waals surface area (Å²) >= 11 is 0. The molecule has 3 fully saturated rings. The lowest BCUT2D eigenvalue weighted by Crippen LogP contribution is -2.68. The van der Waals surface area contributed by atoms with Gasteiger partial charge in [0.15, 0.2) is 0 Å². The monoisotopic (exact) mass is 300 g/mol. The van der Waals surface area contributed by atoms with Gasteiger partial charge in [0.1, 0.15) is 12.2 Å². The Morgan fingerprint density at radius 1 is 1.32 bits per heavy atom. The van der Waals surface area contributed by atoms with E-state index in [1.165, 1.54) is 0 Å². The van der Waals surface area contributed by atoms with Crippen molar-refractivity contribution >= 4 is 14.0 Å². The van der Waals surface area contributed by atoms with Crippen molar-refractivity contribution in [2.45, 2.75) is 37.9 Å². The van der Waals surface area contributed by atoms with Crippen LogP contribution in [0, 0.1) is 5.92 Å². The molecule has 3 saturated heterocycles. The van der Waals surface area contributed by atoms with Crippen LogP contribution < -0.4 is 0 Å². The van der Waals surface area contributed by atoms with E-state index in [0.29, 0.717) is 24.0 Å². The number of fused-ring (bicyclic) bond motifs is 3. The van der Waals surface area contributed by atoms with E-state index in [1.807, 2.05) is 30.3 Å². The maximum atomic E-state index is 11.9. The average molecular weight is 300 g/mol. The van der Waals surface area contributed by atoms with Gasteiger partial charge in [0.05, 0.1) is 6.54 Å². The molecule has 117 valence electrons. The molecule has 3 heterocycles. The molecule has 4 nitrogen and oxygen atoms in total. The Labute approximate surface area is 133 Å². The Morgan fingerprint density at radius 3 is 2.64 bits per heavy atom. The van der Waals surface area contributed by atoms with Gasteiger partial charge in [-0.2, -0.15) is 0 Å². The average Bonchev–Trinajstić information content (AvgIpc) is 2.52. The quantitative estimate of drug-likeness (QED) is 0.663. The Morgan fingerprint density at radius 2 is 2.00 bits per heavy atom. The fourth-order valence-electron chi connectivity index (χ4n) is 3.86. The summed E-state index contributed by atoms with van der Waals surface area (Å²) in [5.41, 5.74) is 0.167. The highest BCUT2D eigenvalue weighted by Gasteiger charge is 2.48. The number of benzene rings is 1. The predicted octanol–water partition coefficient (Wildman–Crippen LogP) is 1.56. The van der Waals surface area contributed by atoms with Crippen LogP contribution in [-0.2, 0) is 16.1 Å². The summed E-state index contributed by atoms with van der Waals surface area (Å²) in [6.07, 6.45) is 2.60. The van der Waals surface area contributed by atoms with Crippen molar-refractivity contribution in [3.05, 3.63) is 35.9 Å². The first-order valence-electron chi connectivity index (χ1n) is 8.06. The van der Waals surface area contributed by atoms with Crippen LogP contribution in [0.4, 0.5) is 0 Å². The number of hydrogen-bond donors (Lipinski definition) is 1. The molecule has 0 amide bonds. The van der Waals surface area contributed by atoms with E-state index < -0.39 is 5.60 Å². The smallest absolute Gasteiger partial charge is 0.306 e. The number of carbonyl (C=O) groups is 1. The number of piperidine rings is 3. The Bertz CT molecular complexity index is 528. The normalized spacial score (nSPS) is 33.6. The van der Waals surface area contributed by atoms with Crippen molar-refractivity contribution in [1.82, 2.24) is 0 Å². The van der Waals surface area contributed by atoms with Crippen LogP contribution in [-0.4, -0.2) is 48.7 Å². The Kier molecular flexibility index (Phi) is 4.28. The summed E-state index contributed by atoms with van der Waals surface area (Å²) in [4.78, 5) is 11.9. The summed E-state index contributed by atoms with van der Waals surface area (Å²) in [5.74, 6) is 0.0234. The minimum Gasteiger partial charge on any atom is -0.586 e. The van der Waals surface area contributed by atoms with Gasteiger partial charge in [-0.3, -0.25) is 4.79 Å². The summed E-state index contributed by atoms with van der Waals surface area (Å²) in [6, 6.07) is 9.62. The zero-order chi connectivity index (χ0) is 15.6. The number of aliphatic hydroxyl groups is 1. The number of nitrogens with zero attached hydrogens (tertiary/aromatic N) is 1. The molecule has 2 bridgehead atoms. The van der Waals surface area contributed by atoms with Crippen LogP contribution in [0.25, 0.3) is 0 Å². The summed E-state index contributed by atoms with van der Waals surface area (Å²) in [6.45, 7) is 2.72. The molecule has 0 saturated carbocycles. The number of esters is 1. The van der Waals surface area contributed by atoms with E-state index in [-0.39, 0.29) is 18.3 Å². The van der Waals surface area contributed by atoms with Crippen LogP contribution in [0.5, 0.6) is 0 Å². The van der Waals surface area contributed by atoms with Gasteiger partial charge in [0.2, 0.25) is 0 Å². The molecule has 1 unspecified atom stereocenters. The predicted molar refractivity (Wildman–Crippen MR) is 83.8 cm³/mol. The van der Waals surface area contributed by atoms with E-state index in [9.17, 15) is 9.90 Å². The molecule has 3 aliphatic heterocycles. The summed E-state index contributed by atoms with van der Waals surface area (Å²) in [7, 11) is 6.27. The highest BCUT2D eigenvalue weighted by molar-refractivity contribution is 5.97. The van der Waals surface area contributed by atoms with Crippen LogP contribution in [0.2, 0.25) is 0 Å². The van der Waals surface area contributed by atoms with Crippen LogP contribution >= 0.6 is 0 Å². The van der Waals surface area contributed by atoms with Crippen molar-refractivity contribution in [2.75, 3.05) is 19.6 Å². The lowest BCUT2D eigenvalue weighted by Gasteiger charge is -2.64. The third kappa shape index (κ3) is 3.36. The lowest BCUT2D eigenvalue weighted by molar-refractivity contribution is -0.846.